The first-order valence-corrected chi connectivity index (χ1v) is 14.0. The summed E-state index contributed by atoms with van der Waals surface area (Å²) in [5, 5.41) is 17.2. The van der Waals surface area contributed by atoms with Crippen LogP contribution in [0.3, 0.4) is 0 Å². The molecule has 3 aromatic rings. The van der Waals surface area contributed by atoms with Gasteiger partial charge in [0.05, 0.1) is 10.7 Å². The SMILES string of the molecule is CC(=O)OCC1OC(Sc2cnc(C#N)c(Br)c2)C(OC(C)=O)C(n2cc(-c3cc(F)c(F)c(F)c3)nn2)C1OC(C)=O. The minimum atomic E-state index is -1.66. The third-order valence-corrected chi connectivity index (χ3v) is 7.65. The van der Waals surface area contributed by atoms with Crippen molar-refractivity contribution in [1.29, 1.82) is 5.26 Å². The topological polar surface area (TPSA) is 156 Å². The fourth-order valence-corrected chi connectivity index (χ4v) is 5.94. The minimum absolute atomic E-state index is 0.0894. The minimum Gasteiger partial charge on any atom is -0.463 e. The maximum Gasteiger partial charge on any atom is 0.303 e. The van der Waals surface area contributed by atoms with Gasteiger partial charge in [-0.15, -0.1) is 5.10 Å². The Balaban J connectivity index is 1.82. The van der Waals surface area contributed by atoms with Gasteiger partial charge in [0.2, 0.25) is 0 Å². The fourth-order valence-electron chi connectivity index (χ4n) is 4.24. The molecular weight excluding hydrogens is 663 g/mol. The van der Waals surface area contributed by atoms with Gasteiger partial charge in [-0.05, 0) is 34.1 Å². The van der Waals surface area contributed by atoms with E-state index >= 15 is 0 Å². The van der Waals surface area contributed by atoms with E-state index in [-0.39, 0.29) is 23.6 Å². The first kappa shape index (κ1) is 31.9. The highest BCUT2D eigenvalue weighted by atomic mass is 79.9. The van der Waals surface area contributed by atoms with E-state index in [1.165, 1.54) is 19.3 Å². The summed E-state index contributed by atoms with van der Waals surface area (Å²) in [4.78, 5) is 40.7. The van der Waals surface area contributed by atoms with Crippen LogP contribution in [0, 0.1) is 28.8 Å². The molecular formula is C26H21BrF3N5O7S. The van der Waals surface area contributed by atoms with Crippen LogP contribution in [0.25, 0.3) is 11.3 Å². The van der Waals surface area contributed by atoms with E-state index in [1.54, 1.807) is 6.07 Å². The average Bonchev–Trinajstić information content (AvgIpc) is 3.41. The molecule has 1 aliphatic heterocycles. The molecule has 0 bridgehead atoms. The van der Waals surface area contributed by atoms with Crippen LogP contribution < -0.4 is 0 Å². The molecule has 226 valence electrons. The van der Waals surface area contributed by atoms with Crippen molar-refractivity contribution in [3.63, 3.8) is 0 Å². The molecule has 4 rings (SSSR count). The van der Waals surface area contributed by atoms with E-state index in [0.29, 0.717) is 9.37 Å². The Morgan fingerprint density at radius 2 is 1.72 bits per heavy atom. The lowest BCUT2D eigenvalue weighted by Crippen LogP contribution is -2.57. The first-order valence-electron chi connectivity index (χ1n) is 12.3. The Labute approximate surface area is 254 Å². The summed E-state index contributed by atoms with van der Waals surface area (Å²) in [6.07, 6.45) is -1.06. The number of nitrogens with zero attached hydrogens (tertiary/aromatic N) is 5. The van der Waals surface area contributed by atoms with Gasteiger partial charge in [-0.25, -0.2) is 22.8 Å². The predicted octanol–water partition coefficient (Wildman–Crippen LogP) is 3.88. The van der Waals surface area contributed by atoms with Gasteiger partial charge in [0.15, 0.2) is 35.4 Å². The number of halogens is 4. The Morgan fingerprint density at radius 3 is 2.30 bits per heavy atom. The van der Waals surface area contributed by atoms with Gasteiger partial charge >= 0.3 is 17.9 Å². The number of hydrogen-bond acceptors (Lipinski definition) is 12. The largest absolute Gasteiger partial charge is 0.463 e. The number of nitriles is 1. The van der Waals surface area contributed by atoms with Gasteiger partial charge < -0.3 is 18.9 Å². The standard InChI is InChI=1S/C26H21BrF3N5O7S/c1-11(36)39-10-21-24(40-12(2)37)23(35-9-20(33-34-35)14-4-17(28)22(30)18(29)5-14)25(41-13(3)38)26(42-21)43-15-6-16(27)19(7-31)32-8-15/h4-6,8-9,21,23-26H,10H2,1-3H3. The number of thioether (sulfide) groups is 1. The lowest BCUT2D eigenvalue weighted by Gasteiger charge is -2.44. The second-order valence-corrected chi connectivity index (χ2v) is 11.1. The van der Waals surface area contributed by atoms with E-state index in [0.717, 1.165) is 42.4 Å². The zero-order valence-electron chi connectivity index (χ0n) is 22.5. The maximum absolute atomic E-state index is 14.0. The molecule has 1 fully saturated rings. The summed E-state index contributed by atoms with van der Waals surface area (Å²) < 4.78 is 65.6. The molecule has 0 amide bonds. The number of carbonyl (C=O) groups excluding carboxylic acids is 3. The van der Waals surface area contributed by atoms with Crippen molar-refractivity contribution in [2.75, 3.05) is 6.61 Å². The van der Waals surface area contributed by atoms with Crippen molar-refractivity contribution >= 4 is 45.6 Å². The Morgan fingerprint density at radius 1 is 1.07 bits per heavy atom. The number of benzene rings is 1. The van der Waals surface area contributed by atoms with Crippen LogP contribution in [0.15, 0.2) is 40.0 Å². The number of hydrogen-bond donors (Lipinski definition) is 0. The highest BCUT2D eigenvalue weighted by molar-refractivity contribution is 9.10. The summed E-state index contributed by atoms with van der Waals surface area (Å²) in [5.74, 6) is -6.73. The molecule has 5 unspecified atom stereocenters. The van der Waals surface area contributed by atoms with Crippen LogP contribution in [0.2, 0.25) is 0 Å². The van der Waals surface area contributed by atoms with Crippen molar-refractivity contribution in [3.05, 3.63) is 58.2 Å². The zero-order valence-corrected chi connectivity index (χ0v) is 24.9. The number of rotatable bonds is 8. The second-order valence-electron chi connectivity index (χ2n) is 9.05. The quantitative estimate of drug-likeness (QED) is 0.192. The average molecular weight is 684 g/mol. The first-order chi connectivity index (χ1) is 20.4. The van der Waals surface area contributed by atoms with E-state index in [1.807, 2.05) is 6.07 Å². The van der Waals surface area contributed by atoms with E-state index < -0.39 is 65.1 Å². The van der Waals surface area contributed by atoms with Gasteiger partial charge in [0, 0.05) is 37.4 Å². The van der Waals surface area contributed by atoms with Crippen LogP contribution in [0.4, 0.5) is 13.2 Å². The van der Waals surface area contributed by atoms with Crippen molar-refractivity contribution in [2.24, 2.45) is 0 Å². The molecule has 3 heterocycles. The highest BCUT2D eigenvalue weighted by Crippen LogP contribution is 2.42. The van der Waals surface area contributed by atoms with Gasteiger partial charge in [0.1, 0.15) is 36.0 Å². The molecule has 0 aliphatic carbocycles. The van der Waals surface area contributed by atoms with Gasteiger partial charge in [-0.2, -0.15) is 5.26 Å². The third kappa shape index (κ3) is 7.50. The molecule has 1 saturated heterocycles. The van der Waals surface area contributed by atoms with Crippen molar-refractivity contribution in [3.8, 4) is 17.3 Å². The number of pyridine rings is 1. The molecule has 0 N–H and O–H groups in total. The monoisotopic (exact) mass is 683 g/mol. The molecule has 2 aromatic heterocycles. The zero-order chi connectivity index (χ0) is 31.4. The van der Waals surface area contributed by atoms with Crippen LogP contribution in [-0.4, -0.2) is 68.2 Å². The van der Waals surface area contributed by atoms with Crippen LogP contribution in [0.5, 0.6) is 0 Å². The normalized spacial score (nSPS) is 21.5. The van der Waals surface area contributed by atoms with E-state index in [9.17, 15) is 32.8 Å². The molecule has 0 saturated carbocycles. The molecule has 5 atom stereocenters. The Bertz CT molecular complexity index is 1580. The van der Waals surface area contributed by atoms with Crippen molar-refractivity contribution < 1.29 is 46.5 Å². The maximum atomic E-state index is 14.0. The second kappa shape index (κ2) is 13.5. The lowest BCUT2D eigenvalue weighted by molar-refractivity contribution is -0.212. The molecule has 0 spiro atoms. The number of aromatic nitrogens is 4. The van der Waals surface area contributed by atoms with Gasteiger partial charge in [-0.1, -0.05) is 17.0 Å². The van der Waals surface area contributed by atoms with E-state index in [2.05, 4.69) is 31.2 Å². The molecule has 1 aliphatic rings. The van der Waals surface area contributed by atoms with Crippen LogP contribution in [-0.2, 0) is 33.3 Å². The molecule has 12 nitrogen and oxygen atoms in total. The molecule has 43 heavy (non-hydrogen) atoms. The summed E-state index contributed by atoms with van der Waals surface area (Å²) in [6, 6.07) is 3.77. The van der Waals surface area contributed by atoms with Gasteiger partial charge in [0.25, 0.3) is 0 Å². The number of ether oxygens (including phenoxy) is 4. The molecule has 1 aromatic carbocycles. The summed E-state index contributed by atoms with van der Waals surface area (Å²) in [6.45, 7) is 3.04. The summed E-state index contributed by atoms with van der Waals surface area (Å²) in [7, 11) is 0. The fraction of sp³-hybridized carbons (Fsp3) is 0.346. The Kier molecular flexibility index (Phi) is 10.0. The highest BCUT2D eigenvalue weighted by Gasteiger charge is 2.52. The van der Waals surface area contributed by atoms with Crippen molar-refractivity contribution in [1.82, 2.24) is 20.0 Å². The Hall–Kier alpha value is -4.01. The summed E-state index contributed by atoms with van der Waals surface area (Å²) in [5.41, 5.74) is -1.20. The summed E-state index contributed by atoms with van der Waals surface area (Å²) >= 11 is 4.30. The molecule has 0 radical (unpaired) electrons. The predicted molar refractivity (Wildman–Crippen MR) is 143 cm³/mol. The van der Waals surface area contributed by atoms with Gasteiger partial charge in [-0.3, -0.25) is 14.4 Å². The molecule has 17 heteroatoms. The number of carbonyl (C=O) groups is 3. The lowest BCUT2D eigenvalue weighted by atomic mass is 9.96. The van der Waals surface area contributed by atoms with Crippen molar-refractivity contribution in [2.45, 2.75) is 55.5 Å². The third-order valence-electron chi connectivity index (χ3n) is 5.94. The van der Waals surface area contributed by atoms with Crippen LogP contribution in [0.1, 0.15) is 32.5 Å². The van der Waals surface area contributed by atoms with E-state index in [4.69, 9.17) is 18.9 Å². The smallest absolute Gasteiger partial charge is 0.303 e. The van der Waals surface area contributed by atoms with Crippen LogP contribution >= 0.6 is 27.7 Å². The number of esters is 3.